The van der Waals surface area contributed by atoms with Gasteiger partial charge in [-0.3, -0.25) is 4.79 Å². The molecule has 3 rings (SSSR count). The molecule has 7 heteroatoms. The van der Waals surface area contributed by atoms with Gasteiger partial charge >= 0.3 is 0 Å². The van der Waals surface area contributed by atoms with Crippen LogP contribution in [0.25, 0.3) is 0 Å². The standard InChI is InChI=1S/C17H21N3O4/c1-11-13(19-24-18-11)9-20(4)15(21)10-22-14-7-5-6-12-8-17(2,3)23-16(12)14/h5-7H,8-10H2,1-4H3. The molecule has 0 saturated carbocycles. The number of carbonyl (C=O) groups is 1. The number of rotatable bonds is 5. The Balaban J connectivity index is 1.61. The third kappa shape index (κ3) is 3.34. The van der Waals surface area contributed by atoms with E-state index in [2.05, 4.69) is 14.9 Å². The van der Waals surface area contributed by atoms with E-state index in [9.17, 15) is 4.79 Å². The van der Waals surface area contributed by atoms with Gasteiger partial charge in [-0.1, -0.05) is 22.4 Å². The van der Waals surface area contributed by atoms with Crippen molar-refractivity contribution in [3.63, 3.8) is 0 Å². The fourth-order valence-corrected chi connectivity index (χ4v) is 2.66. The molecule has 0 radical (unpaired) electrons. The zero-order chi connectivity index (χ0) is 17.3. The van der Waals surface area contributed by atoms with Crippen LogP contribution in [0.5, 0.6) is 11.5 Å². The Bertz CT molecular complexity index is 754. The molecule has 7 nitrogen and oxygen atoms in total. The molecule has 0 saturated heterocycles. The molecule has 0 atom stereocenters. The maximum Gasteiger partial charge on any atom is 0.260 e. The van der Waals surface area contributed by atoms with Gasteiger partial charge in [-0.15, -0.1) is 0 Å². The summed E-state index contributed by atoms with van der Waals surface area (Å²) >= 11 is 0. The van der Waals surface area contributed by atoms with Gasteiger partial charge in [0.25, 0.3) is 5.91 Å². The van der Waals surface area contributed by atoms with Crippen LogP contribution in [0.3, 0.4) is 0 Å². The van der Waals surface area contributed by atoms with Crippen molar-refractivity contribution in [1.82, 2.24) is 15.2 Å². The number of amides is 1. The van der Waals surface area contributed by atoms with Crippen molar-refractivity contribution in [2.45, 2.75) is 39.3 Å². The summed E-state index contributed by atoms with van der Waals surface area (Å²) < 4.78 is 16.3. The predicted octanol–water partition coefficient (Wildman–Crippen LogP) is 2.13. The summed E-state index contributed by atoms with van der Waals surface area (Å²) in [6.45, 7) is 6.11. The average molecular weight is 331 g/mol. The molecule has 0 spiro atoms. The highest BCUT2D eigenvalue weighted by Crippen LogP contribution is 2.41. The first-order valence-electron chi connectivity index (χ1n) is 7.81. The van der Waals surface area contributed by atoms with E-state index in [0.717, 1.165) is 17.7 Å². The number of nitrogens with zero attached hydrogens (tertiary/aromatic N) is 3. The van der Waals surface area contributed by atoms with E-state index in [1.807, 2.05) is 32.0 Å². The zero-order valence-corrected chi connectivity index (χ0v) is 14.3. The lowest BCUT2D eigenvalue weighted by Crippen LogP contribution is -2.31. The van der Waals surface area contributed by atoms with Crippen molar-refractivity contribution < 1.29 is 18.9 Å². The van der Waals surface area contributed by atoms with E-state index in [4.69, 9.17) is 9.47 Å². The van der Waals surface area contributed by atoms with Crippen LogP contribution in [0.4, 0.5) is 0 Å². The monoisotopic (exact) mass is 331 g/mol. The Morgan fingerprint density at radius 3 is 2.88 bits per heavy atom. The Labute approximate surface area is 140 Å². The molecule has 2 heterocycles. The number of likely N-dealkylation sites (N-methyl/N-ethyl adjacent to an activating group) is 1. The maximum atomic E-state index is 12.3. The van der Waals surface area contributed by atoms with E-state index >= 15 is 0 Å². The summed E-state index contributed by atoms with van der Waals surface area (Å²) in [5, 5.41) is 7.48. The van der Waals surface area contributed by atoms with Crippen LogP contribution in [0.1, 0.15) is 30.8 Å². The van der Waals surface area contributed by atoms with E-state index in [0.29, 0.717) is 23.7 Å². The highest BCUT2D eigenvalue weighted by Gasteiger charge is 2.32. The van der Waals surface area contributed by atoms with Crippen molar-refractivity contribution in [2.24, 2.45) is 0 Å². The summed E-state index contributed by atoms with van der Waals surface area (Å²) in [6, 6.07) is 5.75. The number of benzene rings is 1. The van der Waals surface area contributed by atoms with Crippen molar-refractivity contribution in [1.29, 1.82) is 0 Å². The van der Waals surface area contributed by atoms with Gasteiger partial charge in [0.15, 0.2) is 18.1 Å². The minimum absolute atomic E-state index is 0.0684. The summed E-state index contributed by atoms with van der Waals surface area (Å²) in [7, 11) is 1.69. The average Bonchev–Trinajstić information content (AvgIpc) is 3.06. The first-order chi connectivity index (χ1) is 11.4. The fourth-order valence-electron chi connectivity index (χ4n) is 2.66. The topological polar surface area (TPSA) is 77.7 Å². The molecular weight excluding hydrogens is 310 g/mol. The second kappa shape index (κ2) is 6.14. The molecule has 1 aliphatic heterocycles. The first kappa shape index (κ1) is 16.3. The lowest BCUT2D eigenvalue weighted by atomic mass is 10.0. The molecule has 2 aromatic rings. The Kier molecular flexibility index (Phi) is 4.17. The lowest BCUT2D eigenvalue weighted by molar-refractivity contribution is -0.132. The molecule has 1 amide bonds. The van der Waals surface area contributed by atoms with E-state index < -0.39 is 0 Å². The summed E-state index contributed by atoms with van der Waals surface area (Å²) in [5.74, 6) is 1.17. The van der Waals surface area contributed by atoms with E-state index in [1.54, 1.807) is 14.0 Å². The smallest absolute Gasteiger partial charge is 0.260 e. The maximum absolute atomic E-state index is 12.3. The SMILES string of the molecule is Cc1nonc1CN(C)C(=O)COc1cccc2c1OC(C)(C)C2. The van der Waals surface area contributed by atoms with Gasteiger partial charge in [0.05, 0.1) is 6.54 Å². The van der Waals surface area contributed by atoms with Crippen molar-refractivity contribution >= 4 is 5.91 Å². The number of fused-ring (bicyclic) bond motifs is 1. The molecule has 1 aromatic heterocycles. The van der Waals surface area contributed by atoms with Crippen LogP contribution in [0.2, 0.25) is 0 Å². The number of aryl methyl sites for hydroxylation is 1. The molecule has 1 aliphatic rings. The van der Waals surface area contributed by atoms with Crippen LogP contribution < -0.4 is 9.47 Å². The van der Waals surface area contributed by atoms with Crippen LogP contribution in [-0.4, -0.2) is 40.4 Å². The number of carbonyl (C=O) groups excluding carboxylic acids is 1. The summed E-state index contributed by atoms with van der Waals surface area (Å²) in [4.78, 5) is 13.8. The molecular formula is C17H21N3O4. The van der Waals surface area contributed by atoms with Gasteiger partial charge in [0, 0.05) is 19.0 Å². The molecule has 0 bridgehead atoms. The Morgan fingerprint density at radius 1 is 1.38 bits per heavy atom. The second-order valence-electron chi connectivity index (χ2n) is 6.62. The molecule has 0 unspecified atom stereocenters. The van der Waals surface area contributed by atoms with Crippen LogP contribution in [-0.2, 0) is 17.8 Å². The van der Waals surface area contributed by atoms with Gasteiger partial charge in [-0.05, 0) is 26.8 Å². The van der Waals surface area contributed by atoms with Crippen LogP contribution >= 0.6 is 0 Å². The Morgan fingerprint density at radius 2 is 2.17 bits per heavy atom. The molecule has 0 fully saturated rings. The largest absolute Gasteiger partial charge is 0.483 e. The summed E-state index contributed by atoms with van der Waals surface area (Å²) in [5.41, 5.74) is 2.16. The summed E-state index contributed by atoms with van der Waals surface area (Å²) in [6.07, 6.45) is 0.825. The van der Waals surface area contributed by atoms with Crippen molar-refractivity contribution in [3.05, 3.63) is 35.2 Å². The zero-order valence-electron chi connectivity index (χ0n) is 14.3. The third-order valence-corrected chi connectivity index (χ3v) is 3.97. The highest BCUT2D eigenvalue weighted by molar-refractivity contribution is 5.77. The van der Waals surface area contributed by atoms with Crippen LogP contribution in [0, 0.1) is 6.92 Å². The number of para-hydroxylation sites is 1. The first-order valence-corrected chi connectivity index (χ1v) is 7.81. The lowest BCUT2D eigenvalue weighted by Gasteiger charge is -2.19. The highest BCUT2D eigenvalue weighted by atomic mass is 16.6. The minimum Gasteiger partial charge on any atom is -0.483 e. The van der Waals surface area contributed by atoms with Gasteiger partial charge in [-0.2, -0.15) is 0 Å². The van der Waals surface area contributed by atoms with Crippen LogP contribution in [0.15, 0.2) is 22.8 Å². The van der Waals surface area contributed by atoms with Gasteiger partial charge in [-0.25, -0.2) is 4.63 Å². The van der Waals surface area contributed by atoms with E-state index in [1.165, 1.54) is 4.90 Å². The number of hydrogen-bond donors (Lipinski definition) is 0. The second-order valence-corrected chi connectivity index (χ2v) is 6.62. The molecule has 1 aromatic carbocycles. The fraction of sp³-hybridized carbons (Fsp3) is 0.471. The Hall–Kier alpha value is -2.57. The third-order valence-electron chi connectivity index (χ3n) is 3.97. The van der Waals surface area contributed by atoms with Gasteiger partial charge < -0.3 is 14.4 Å². The minimum atomic E-state index is -0.250. The molecule has 24 heavy (non-hydrogen) atoms. The van der Waals surface area contributed by atoms with Gasteiger partial charge in [0.2, 0.25) is 0 Å². The van der Waals surface area contributed by atoms with Crippen molar-refractivity contribution in [3.8, 4) is 11.5 Å². The van der Waals surface area contributed by atoms with Gasteiger partial charge in [0.1, 0.15) is 17.0 Å². The number of aromatic nitrogens is 2. The molecule has 0 aliphatic carbocycles. The van der Waals surface area contributed by atoms with Crippen molar-refractivity contribution in [2.75, 3.05) is 13.7 Å². The number of ether oxygens (including phenoxy) is 2. The number of hydrogen-bond acceptors (Lipinski definition) is 6. The van der Waals surface area contributed by atoms with E-state index in [-0.39, 0.29) is 18.1 Å². The normalized spacial score (nSPS) is 14.8. The predicted molar refractivity (Wildman–Crippen MR) is 85.9 cm³/mol. The molecule has 0 N–H and O–H groups in total. The molecule has 128 valence electrons. The quantitative estimate of drug-likeness (QED) is 0.835.